The van der Waals surface area contributed by atoms with E-state index in [9.17, 15) is 9.59 Å². The molecule has 1 N–H and O–H groups in total. The summed E-state index contributed by atoms with van der Waals surface area (Å²) in [5.74, 6) is 1.06. The first-order valence-electron chi connectivity index (χ1n) is 8.29. The van der Waals surface area contributed by atoms with Gasteiger partial charge >= 0.3 is 5.63 Å². The highest BCUT2D eigenvalue weighted by Crippen LogP contribution is 2.28. The molecule has 7 heteroatoms. The van der Waals surface area contributed by atoms with Gasteiger partial charge in [0.25, 0.3) is 5.91 Å². The minimum atomic E-state index is -0.648. The fraction of sp³-hybridized carbons (Fsp3) is 0.200. The molecule has 0 unspecified atom stereocenters. The van der Waals surface area contributed by atoms with Gasteiger partial charge in [0.1, 0.15) is 17.0 Å². The van der Waals surface area contributed by atoms with E-state index in [-0.39, 0.29) is 5.69 Å². The third kappa shape index (κ3) is 3.87. The molecule has 27 heavy (non-hydrogen) atoms. The first kappa shape index (κ1) is 18.3. The number of benzene rings is 2. The molecular formula is C20H19NO6. The zero-order valence-corrected chi connectivity index (χ0v) is 15.2. The van der Waals surface area contributed by atoms with Gasteiger partial charge in [0, 0.05) is 17.0 Å². The maximum absolute atomic E-state index is 12.5. The van der Waals surface area contributed by atoms with Crippen LogP contribution in [0.15, 0.2) is 51.7 Å². The average molecular weight is 369 g/mol. The van der Waals surface area contributed by atoms with Crippen LogP contribution in [0.25, 0.3) is 11.0 Å². The van der Waals surface area contributed by atoms with Crippen molar-refractivity contribution in [3.8, 4) is 17.2 Å². The smallest absolute Gasteiger partial charge is 0.360 e. The number of amides is 1. The highest BCUT2D eigenvalue weighted by molar-refractivity contribution is 6.05. The molecule has 0 aliphatic rings. The molecule has 1 amide bonds. The predicted molar refractivity (Wildman–Crippen MR) is 101 cm³/mol. The van der Waals surface area contributed by atoms with Crippen LogP contribution in [0.3, 0.4) is 0 Å². The van der Waals surface area contributed by atoms with Crippen molar-refractivity contribution in [2.45, 2.75) is 6.92 Å². The number of carbonyl (C=O) groups excluding carboxylic acids is 1. The van der Waals surface area contributed by atoms with Crippen molar-refractivity contribution >= 4 is 22.6 Å². The molecule has 0 saturated heterocycles. The molecule has 0 atom stereocenters. The van der Waals surface area contributed by atoms with E-state index in [4.69, 9.17) is 18.6 Å². The molecule has 3 rings (SSSR count). The van der Waals surface area contributed by atoms with Crippen LogP contribution in [-0.4, -0.2) is 26.7 Å². The van der Waals surface area contributed by atoms with Crippen molar-refractivity contribution in [1.29, 1.82) is 0 Å². The number of rotatable bonds is 6. The van der Waals surface area contributed by atoms with E-state index in [0.717, 1.165) is 0 Å². The molecule has 2 aromatic carbocycles. The molecular weight excluding hydrogens is 350 g/mol. The fourth-order valence-corrected chi connectivity index (χ4v) is 2.61. The summed E-state index contributed by atoms with van der Waals surface area (Å²) in [7, 11) is 2.99. The lowest BCUT2D eigenvalue weighted by Gasteiger charge is -2.10. The second kappa shape index (κ2) is 7.82. The van der Waals surface area contributed by atoms with Crippen LogP contribution in [0, 0.1) is 0 Å². The normalized spacial score (nSPS) is 10.5. The Labute approximate surface area is 155 Å². The molecule has 0 bridgehead atoms. The number of hydrogen-bond acceptors (Lipinski definition) is 6. The maximum Gasteiger partial charge on any atom is 0.360 e. The van der Waals surface area contributed by atoms with Gasteiger partial charge in [-0.15, -0.1) is 0 Å². The highest BCUT2D eigenvalue weighted by Gasteiger charge is 2.14. The van der Waals surface area contributed by atoms with Gasteiger partial charge in [0.05, 0.1) is 20.8 Å². The molecule has 0 radical (unpaired) electrons. The molecule has 0 fully saturated rings. The zero-order chi connectivity index (χ0) is 19.4. The van der Waals surface area contributed by atoms with Gasteiger partial charge in [0.15, 0.2) is 11.5 Å². The topological polar surface area (TPSA) is 87.0 Å². The number of nitrogens with one attached hydrogen (secondary N) is 1. The van der Waals surface area contributed by atoms with Crippen molar-refractivity contribution in [1.82, 2.24) is 0 Å². The Morgan fingerprint density at radius 2 is 1.81 bits per heavy atom. The summed E-state index contributed by atoms with van der Waals surface area (Å²) in [6.07, 6.45) is 0. The summed E-state index contributed by atoms with van der Waals surface area (Å²) in [5, 5.41) is 3.24. The summed E-state index contributed by atoms with van der Waals surface area (Å²) in [5.41, 5.74) is 0.102. The largest absolute Gasteiger partial charge is 0.494 e. The number of hydrogen-bond donors (Lipinski definition) is 1. The molecule has 140 valence electrons. The number of anilines is 1. The van der Waals surface area contributed by atoms with Crippen LogP contribution in [0.4, 0.5) is 5.69 Å². The zero-order valence-electron chi connectivity index (χ0n) is 15.2. The minimum absolute atomic E-state index is 0.0476. The first-order valence-corrected chi connectivity index (χ1v) is 8.29. The third-order valence-electron chi connectivity index (χ3n) is 3.91. The summed E-state index contributed by atoms with van der Waals surface area (Å²) in [6, 6.07) is 11.5. The highest BCUT2D eigenvalue weighted by atomic mass is 16.5. The Morgan fingerprint density at radius 1 is 1.04 bits per heavy atom. The molecule has 0 saturated carbocycles. The second-order valence-electron chi connectivity index (χ2n) is 5.60. The van der Waals surface area contributed by atoms with Gasteiger partial charge in [-0.1, -0.05) is 0 Å². The van der Waals surface area contributed by atoms with Gasteiger partial charge < -0.3 is 23.9 Å². The van der Waals surface area contributed by atoms with Crippen LogP contribution in [-0.2, 0) is 0 Å². The Hall–Kier alpha value is -3.48. The van der Waals surface area contributed by atoms with Gasteiger partial charge in [-0.25, -0.2) is 4.79 Å². The van der Waals surface area contributed by atoms with Crippen LogP contribution in [0.2, 0.25) is 0 Å². The lowest BCUT2D eigenvalue weighted by molar-refractivity contribution is 0.102. The Balaban J connectivity index is 1.89. The lowest BCUT2D eigenvalue weighted by atomic mass is 10.1. The number of ether oxygens (including phenoxy) is 3. The number of fused-ring (bicyclic) bond motifs is 1. The standard InChI is InChI=1S/C20H19NO6/c1-4-26-14-7-5-12-9-15(20(23)27-17(12)11-14)21-19(22)13-6-8-16(24-2)18(10-13)25-3/h5-11H,4H2,1-3H3,(H,21,22). The van der Waals surface area contributed by atoms with Gasteiger partial charge in [-0.2, -0.15) is 0 Å². The summed E-state index contributed by atoms with van der Waals surface area (Å²) < 4.78 is 21.0. The van der Waals surface area contributed by atoms with Gasteiger partial charge in [0.2, 0.25) is 0 Å². The van der Waals surface area contributed by atoms with Crippen LogP contribution >= 0.6 is 0 Å². The van der Waals surface area contributed by atoms with Crippen molar-refractivity contribution in [3.63, 3.8) is 0 Å². The average Bonchev–Trinajstić information content (AvgIpc) is 2.68. The molecule has 0 aliphatic carbocycles. The molecule has 7 nitrogen and oxygen atoms in total. The quantitative estimate of drug-likeness (QED) is 0.670. The number of carbonyl (C=O) groups is 1. The van der Waals surface area contributed by atoms with E-state index in [0.29, 0.717) is 40.4 Å². The third-order valence-corrected chi connectivity index (χ3v) is 3.91. The first-order chi connectivity index (χ1) is 13.0. The van der Waals surface area contributed by atoms with Crippen molar-refractivity contribution in [3.05, 3.63) is 58.4 Å². The Morgan fingerprint density at radius 3 is 2.52 bits per heavy atom. The van der Waals surface area contributed by atoms with E-state index >= 15 is 0 Å². The van der Waals surface area contributed by atoms with E-state index < -0.39 is 11.5 Å². The molecule has 0 aliphatic heterocycles. The van der Waals surface area contributed by atoms with Gasteiger partial charge in [-0.3, -0.25) is 4.79 Å². The van der Waals surface area contributed by atoms with Gasteiger partial charge in [-0.05, 0) is 43.3 Å². The fourth-order valence-electron chi connectivity index (χ4n) is 2.61. The van der Waals surface area contributed by atoms with Crippen molar-refractivity contribution < 1.29 is 23.4 Å². The molecule has 0 spiro atoms. The molecule has 1 aromatic heterocycles. The van der Waals surface area contributed by atoms with E-state index in [1.54, 1.807) is 36.4 Å². The van der Waals surface area contributed by atoms with E-state index in [1.165, 1.54) is 20.3 Å². The van der Waals surface area contributed by atoms with Crippen molar-refractivity contribution in [2.24, 2.45) is 0 Å². The summed E-state index contributed by atoms with van der Waals surface area (Å²) >= 11 is 0. The lowest BCUT2D eigenvalue weighted by Crippen LogP contribution is -2.17. The predicted octanol–water partition coefficient (Wildman–Crippen LogP) is 3.46. The molecule has 1 heterocycles. The Bertz CT molecular complexity index is 1040. The van der Waals surface area contributed by atoms with E-state index in [2.05, 4.69) is 5.32 Å². The van der Waals surface area contributed by atoms with Crippen LogP contribution in [0.5, 0.6) is 17.2 Å². The van der Waals surface area contributed by atoms with Crippen LogP contribution in [0.1, 0.15) is 17.3 Å². The summed E-state index contributed by atoms with van der Waals surface area (Å²) in [4.78, 5) is 24.7. The monoisotopic (exact) mass is 369 g/mol. The van der Waals surface area contributed by atoms with E-state index in [1.807, 2.05) is 6.92 Å². The minimum Gasteiger partial charge on any atom is -0.494 e. The second-order valence-corrected chi connectivity index (χ2v) is 5.60. The Kier molecular flexibility index (Phi) is 5.30. The molecule has 3 aromatic rings. The van der Waals surface area contributed by atoms with Crippen molar-refractivity contribution in [2.75, 3.05) is 26.1 Å². The van der Waals surface area contributed by atoms with Crippen LogP contribution < -0.4 is 25.2 Å². The SMILES string of the molecule is CCOc1ccc2cc(NC(=O)c3ccc(OC)c(OC)c3)c(=O)oc2c1. The summed E-state index contributed by atoms with van der Waals surface area (Å²) in [6.45, 7) is 2.38. The maximum atomic E-state index is 12.5. The number of methoxy groups -OCH3 is 2.